The van der Waals surface area contributed by atoms with E-state index in [9.17, 15) is 0 Å². The fourth-order valence-corrected chi connectivity index (χ4v) is 3.27. The molecular weight excluding hydrogens is 360 g/mol. The molecule has 0 amide bonds. The van der Waals surface area contributed by atoms with Gasteiger partial charge in [-0.1, -0.05) is 0 Å². The summed E-state index contributed by atoms with van der Waals surface area (Å²) >= 11 is 0. The Morgan fingerprint density at radius 2 is 2.21 bits per heavy atom. The monoisotopic (exact) mass is 394 g/mol. The molecule has 9 nitrogen and oxygen atoms in total. The third-order valence-electron chi connectivity index (χ3n) is 5.22. The number of nitrogens with zero attached hydrogens (tertiary/aromatic N) is 4. The van der Waals surface area contributed by atoms with Crippen LogP contribution in [0, 0.1) is 12.8 Å². The molecule has 2 atom stereocenters. The molecule has 3 rings (SSSR count). The Kier molecular flexibility index (Phi) is 8.50. The number of aliphatic imine (C=N–C) groups is 1. The van der Waals surface area contributed by atoms with Crippen molar-refractivity contribution < 1.29 is 14.2 Å². The minimum absolute atomic E-state index is 0.265. The van der Waals surface area contributed by atoms with Crippen LogP contribution in [-0.2, 0) is 27.8 Å². The normalized spacial score (nSPS) is 22.7. The molecule has 0 bridgehead atoms. The van der Waals surface area contributed by atoms with E-state index in [0.717, 1.165) is 89.4 Å². The predicted molar refractivity (Wildman–Crippen MR) is 106 cm³/mol. The zero-order valence-corrected chi connectivity index (χ0v) is 17.2. The molecule has 2 aliphatic heterocycles. The van der Waals surface area contributed by atoms with Crippen LogP contribution in [0.1, 0.15) is 37.3 Å². The van der Waals surface area contributed by atoms with Crippen molar-refractivity contribution in [2.75, 3.05) is 46.1 Å². The number of aryl methyl sites for hydroxylation is 1. The number of rotatable bonds is 10. The lowest BCUT2D eigenvalue weighted by molar-refractivity contribution is 0.0887. The Balaban J connectivity index is 1.40. The molecule has 0 spiro atoms. The molecular formula is C19H34N6O3. The van der Waals surface area contributed by atoms with Crippen LogP contribution in [0.5, 0.6) is 0 Å². The Bertz CT molecular complexity index is 609. The third kappa shape index (κ3) is 6.72. The maximum absolute atomic E-state index is 5.77. The molecule has 2 fully saturated rings. The first kappa shape index (κ1) is 21.0. The summed E-state index contributed by atoms with van der Waals surface area (Å²) in [6.45, 7) is 8.09. The fraction of sp³-hybridized carbons (Fsp3) is 0.842. The van der Waals surface area contributed by atoms with Crippen molar-refractivity contribution in [1.82, 2.24) is 25.4 Å². The number of hydrogen-bond acceptors (Lipinski definition) is 6. The summed E-state index contributed by atoms with van der Waals surface area (Å²) in [6.07, 6.45) is 4.54. The van der Waals surface area contributed by atoms with Gasteiger partial charge < -0.3 is 29.4 Å². The van der Waals surface area contributed by atoms with Crippen molar-refractivity contribution in [3.05, 3.63) is 11.6 Å². The van der Waals surface area contributed by atoms with Crippen LogP contribution in [0.4, 0.5) is 0 Å². The first-order chi connectivity index (χ1) is 13.7. The Morgan fingerprint density at radius 1 is 1.29 bits per heavy atom. The SMILES string of the molecule is Cc1nnc(CN=C(NCCCOCC2CCOC2)NCC2CCCO2)n1C. The van der Waals surface area contributed by atoms with Gasteiger partial charge in [-0.05, 0) is 32.6 Å². The maximum Gasteiger partial charge on any atom is 0.191 e. The van der Waals surface area contributed by atoms with Crippen LogP contribution < -0.4 is 10.6 Å². The second-order valence-corrected chi connectivity index (χ2v) is 7.49. The number of hydrogen-bond donors (Lipinski definition) is 2. The van der Waals surface area contributed by atoms with E-state index >= 15 is 0 Å². The summed E-state index contributed by atoms with van der Waals surface area (Å²) in [5.74, 6) is 3.07. The first-order valence-corrected chi connectivity index (χ1v) is 10.4. The van der Waals surface area contributed by atoms with Gasteiger partial charge in [0.25, 0.3) is 0 Å². The van der Waals surface area contributed by atoms with E-state index < -0.39 is 0 Å². The second-order valence-electron chi connectivity index (χ2n) is 7.49. The fourth-order valence-electron chi connectivity index (χ4n) is 3.27. The van der Waals surface area contributed by atoms with Gasteiger partial charge in [0.05, 0.1) is 19.3 Å². The number of ether oxygens (including phenoxy) is 3. The quantitative estimate of drug-likeness (QED) is 0.344. The lowest BCUT2D eigenvalue weighted by atomic mass is 10.1. The highest BCUT2D eigenvalue weighted by Gasteiger charge is 2.16. The first-order valence-electron chi connectivity index (χ1n) is 10.4. The Hall–Kier alpha value is -1.71. The molecule has 158 valence electrons. The minimum Gasteiger partial charge on any atom is -0.381 e. The van der Waals surface area contributed by atoms with Crippen LogP contribution in [0.3, 0.4) is 0 Å². The van der Waals surface area contributed by atoms with E-state index in [1.54, 1.807) is 0 Å². The van der Waals surface area contributed by atoms with E-state index in [0.29, 0.717) is 12.5 Å². The highest BCUT2D eigenvalue weighted by molar-refractivity contribution is 5.79. The Labute approximate surface area is 167 Å². The van der Waals surface area contributed by atoms with Gasteiger partial charge in [-0.15, -0.1) is 10.2 Å². The van der Waals surface area contributed by atoms with Crippen molar-refractivity contribution in [3.63, 3.8) is 0 Å². The molecule has 0 aromatic carbocycles. The number of guanidine groups is 1. The van der Waals surface area contributed by atoms with E-state index in [4.69, 9.17) is 14.2 Å². The van der Waals surface area contributed by atoms with Gasteiger partial charge >= 0.3 is 0 Å². The van der Waals surface area contributed by atoms with Crippen LogP contribution in [0.25, 0.3) is 0 Å². The summed E-state index contributed by atoms with van der Waals surface area (Å²) in [5.41, 5.74) is 0. The smallest absolute Gasteiger partial charge is 0.191 e. The number of aromatic nitrogens is 3. The van der Waals surface area contributed by atoms with Gasteiger partial charge in [0, 0.05) is 45.9 Å². The lowest BCUT2D eigenvalue weighted by Crippen LogP contribution is -2.41. The van der Waals surface area contributed by atoms with Gasteiger partial charge in [0.1, 0.15) is 12.4 Å². The summed E-state index contributed by atoms with van der Waals surface area (Å²) in [6, 6.07) is 0. The molecule has 28 heavy (non-hydrogen) atoms. The average Bonchev–Trinajstić information content (AvgIpc) is 3.45. The number of nitrogens with one attached hydrogen (secondary N) is 2. The van der Waals surface area contributed by atoms with Crippen LogP contribution in [-0.4, -0.2) is 73.0 Å². The van der Waals surface area contributed by atoms with Gasteiger partial charge in [0.15, 0.2) is 11.8 Å². The summed E-state index contributed by atoms with van der Waals surface area (Å²) in [4.78, 5) is 4.67. The Morgan fingerprint density at radius 3 is 2.93 bits per heavy atom. The van der Waals surface area contributed by atoms with Crippen LogP contribution in [0.15, 0.2) is 4.99 Å². The molecule has 2 unspecified atom stereocenters. The standard InChI is InChI=1S/C19H34N6O3/c1-15-23-24-18(25(15)2)12-22-19(21-11-17-5-3-9-28-17)20-7-4-8-26-13-16-6-10-27-14-16/h16-17H,3-14H2,1-2H3,(H2,20,21,22). The largest absolute Gasteiger partial charge is 0.381 e. The van der Waals surface area contributed by atoms with Gasteiger partial charge in [-0.2, -0.15) is 0 Å². The summed E-state index contributed by atoms with van der Waals surface area (Å²) in [5, 5.41) is 15.1. The van der Waals surface area contributed by atoms with E-state index in [-0.39, 0.29) is 6.10 Å². The molecule has 0 saturated carbocycles. The molecule has 9 heteroatoms. The summed E-state index contributed by atoms with van der Waals surface area (Å²) < 4.78 is 18.8. The highest BCUT2D eigenvalue weighted by Crippen LogP contribution is 2.12. The molecule has 0 radical (unpaired) electrons. The van der Waals surface area contributed by atoms with Crippen molar-refractivity contribution >= 4 is 5.96 Å². The lowest BCUT2D eigenvalue weighted by Gasteiger charge is -2.16. The zero-order chi connectivity index (χ0) is 19.6. The van der Waals surface area contributed by atoms with Crippen molar-refractivity contribution in [2.45, 2.75) is 45.3 Å². The van der Waals surface area contributed by atoms with Gasteiger partial charge in [0.2, 0.25) is 0 Å². The molecule has 2 N–H and O–H groups in total. The molecule has 2 aliphatic rings. The van der Waals surface area contributed by atoms with Crippen molar-refractivity contribution in [3.8, 4) is 0 Å². The maximum atomic E-state index is 5.77. The van der Waals surface area contributed by atoms with E-state index in [1.807, 2.05) is 18.5 Å². The third-order valence-corrected chi connectivity index (χ3v) is 5.22. The van der Waals surface area contributed by atoms with E-state index in [1.165, 1.54) is 0 Å². The second kappa shape index (κ2) is 11.3. The summed E-state index contributed by atoms with van der Waals surface area (Å²) in [7, 11) is 1.96. The topological polar surface area (TPSA) is 94.8 Å². The molecule has 1 aromatic rings. The van der Waals surface area contributed by atoms with E-state index in [2.05, 4.69) is 25.8 Å². The zero-order valence-electron chi connectivity index (χ0n) is 17.2. The highest BCUT2D eigenvalue weighted by atomic mass is 16.5. The minimum atomic E-state index is 0.265. The molecule has 0 aliphatic carbocycles. The van der Waals surface area contributed by atoms with Gasteiger partial charge in [-0.25, -0.2) is 4.99 Å². The van der Waals surface area contributed by atoms with Gasteiger partial charge in [-0.3, -0.25) is 0 Å². The van der Waals surface area contributed by atoms with Crippen LogP contribution in [0.2, 0.25) is 0 Å². The van der Waals surface area contributed by atoms with Crippen molar-refractivity contribution in [2.24, 2.45) is 18.0 Å². The predicted octanol–water partition coefficient (Wildman–Crippen LogP) is 0.781. The average molecular weight is 395 g/mol. The molecule has 3 heterocycles. The van der Waals surface area contributed by atoms with Crippen molar-refractivity contribution in [1.29, 1.82) is 0 Å². The molecule has 1 aromatic heterocycles. The van der Waals surface area contributed by atoms with Crippen LogP contribution >= 0.6 is 0 Å². The molecule has 2 saturated heterocycles.